The van der Waals surface area contributed by atoms with Crippen molar-refractivity contribution in [1.82, 2.24) is 0 Å². The van der Waals surface area contributed by atoms with Crippen LogP contribution in [0.25, 0.3) is 0 Å². The molecule has 0 amide bonds. The molecule has 2 rings (SSSR count). The lowest BCUT2D eigenvalue weighted by atomic mass is 9.86. The summed E-state index contributed by atoms with van der Waals surface area (Å²) >= 11 is 0. The first kappa shape index (κ1) is 15.4. The smallest absolute Gasteiger partial charge is 0.429 e. The van der Waals surface area contributed by atoms with Gasteiger partial charge in [-0.25, -0.2) is 0 Å². The molecule has 0 bridgehead atoms. The molecule has 0 aliphatic rings. The highest BCUT2D eigenvalue weighted by Gasteiger charge is 2.29. The van der Waals surface area contributed by atoms with E-state index in [1.165, 1.54) is 0 Å². The number of rotatable bonds is 3. The molecule has 99 valence electrons. The monoisotopic (exact) mass is 258 g/mol. The van der Waals surface area contributed by atoms with Gasteiger partial charge >= 0.3 is 7.69 Å². The van der Waals surface area contributed by atoms with E-state index < -0.39 is 5.60 Å². The summed E-state index contributed by atoms with van der Waals surface area (Å²) in [7, 11) is 0. The van der Waals surface area contributed by atoms with Crippen molar-refractivity contribution in [3.8, 4) is 0 Å². The van der Waals surface area contributed by atoms with Crippen molar-refractivity contribution >= 4 is 7.69 Å². The van der Waals surface area contributed by atoms with Gasteiger partial charge in [-0.1, -0.05) is 60.7 Å². The molecule has 0 fully saturated rings. The molecule has 2 aromatic rings. The van der Waals surface area contributed by atoms with Gasteiger partial charge in [0.25, 0.3) is 0 Å². The fourth-order valence-corrected chi connectivity index (χ4v) is 1.83. The van der Waals surface area contributed by atoms with Gasteiger partial charge in [-0.15, -0.1) is 0 Å². The maximum Gasteiger partial charge on any atom is 0.482 e. The van der Waals surface area contributed by atoms with Gasteiger partial charge in [0.05, 0.1) is 0 Å². The molecule has 0 saturated carbocycles. The predicted molar refractivity (Wildman–Crippen MR) is 75.1 cm³/mol. The Labute approximate surface area is 113 Å². The zero-order valence-corrected chi connectivity index (χ0v) is 10.5. The zero-order chi connectivity index (χ0) is 14.1. The van der Waals surface area contributed by atoms with Crippen LogP contribution in [-0.4, -0.2) is 29.4 Å². The zero-order valence-electron chi connectivity index (χ0n) is 10.5. The van der Waals surface area contributed by atoms with Gasteiger partial charge in [0, 0.05) is 6.54 Å². The average Bonchev–Trinajstić information content (AvgIpc) is 2.49. The molecular weight excluding hydrogens is 241 g/mol. The van der Waals surface area contributed by atoms with E-state index in [1.54, 1.807) is 0 Å². The summed E-state index contributed by atoms with van der Waals surface area (Å²) in [6, 6.07) is 19.0. The summed E-state index contributed by atoms with van der Waals surface area (Å²) in [5.74, 6) is 0. The van der Waals surface area contributed by atoms with Crippen molar-refractivity contribution in [3.63, 3.8) is 0 Å². The first-order valence-electron chi connectivity index (χ1n) is 5.82. The Morgan fingerprint density at radius 2 is 1.16 bits per heavy atom. The molecule has 0 saturated heterocycles. The summed E-state index contributed by atoms with van der Waals surface area (Å²) in [5, 5.41) is 24.6. The Hall–Kier alpha value is -1.66. The standard InChI is InChI=1S/C14H15NO.BH2O2/c15-11-14(16,12-7-3-1-4-8-12)13-9-5-2-6-10-13;2-1-3/h1-10,16H,11,15H2;2-3H. The summed E-state index contributed by atoms with van der Waals surface area (Å²) in [6.45, 7) is 0.168. The van der Waals surface area contributed by atoms with E-state index in [9.17, 15) is 5.11 Å². The van der Waals surface area contributed by atoms with Gasteiger partial charge in [-0.05, 0) is 11.1 Å². The second-order valence-electron chi connectivity index (χ2n) is 3.91. The van der Waals surface area contributed by atoms with Crippen LogP contribution < -0.4 is 5.73 Å². The Kier molecular flexibility index (Phi) is 6.25. The lowest BCUT2D eigenvalue weighted by Crippen LogP contribution is -2.35. The Morgan fingerprint density at radius 1 is 0.842 bits per heavy atom. The van der Waals surface area contributed by atoms with E-state index in [-0.39, 0.29) is 14.2 Å². The quantitative estimate of drug-likeness (QED) is 0.600. The summed E-state index contributed by atoms with van der Waals surface area (Å²) in [6.07, 6.45) is 0. The molecule has 0 spiro atoms. The molecule has 0 aromatic heterocycles. The molecule has 0 atom stereocenters. The van der Waals surface area contributed by atoms with E-state index in [2.05, 4.69) is 0 Å². The second-order valence-corrected chi connectivity index (χ2v) is 3.91. The van der Waals surface area contributed by atoms with E-state index in [0.717, 1.165) is 11.1 Å². The molecule has 0 aliphatic heterocycles. The number of nitrogens with two attached hydrogens (primary N) is 1. The molecule has 1 radical (unpaired) electrons. The maximum atomic E-state index is 10.6. The number of hydrogen-bond acceptors (Lipinski definition) is 4. The summed E-state index contributed by atoms with van der Waals surface area (Å²) in [4.78, 5) is 0. The van der Waals surface area contributed by atoms with Crippen molar-refractivity contribution < 1.29 is 15.2 Å². The van der Waals surface area contributed by atoms with Crippen molar-refractivity contribution in [2.45, 2.75) is 5.60 Å². The number of aliphatic hydroxyl groups is 1. The van der Waals surface area contributed by atoms with Gasteiger partial charge in [-0.2, -0.15) is 0 Å². The maximum absolute atomic E-state index is 10.6. The molecule has 0 heterocycles. The molecule has 2 aromatic carbocycles. The van der Waals surface area contributed by atoms with E-state index in [0.29, 0.717) is 0 Å². The first-order valence-corrected chi connectivity index (χ1v) is 5.82. The highest BCUT2D eigenvalue weighted by Crippen LogP contribution is 2.27. The fourth-order valence-electron chi connectivity index (χ4n) is 1.83. The molecule has 5 N–H and O–H groups in total. The fraction of sp³-hybridized carbons (Fsp3) is 0.143. The van der Waals surface area contributed by atoms with Gasteiger partial charge < -0.3 is 20.9 Å². The van der Waals surface area contributed by atoms with Crippen LogP contribution in [0.5, 0.6) is 0 Å². The topological polar surface area (TPSA) is 86.7 Å². The highest BCUT2D eigenvalue weighted by molar-refractivity contribution is 6.13. The van der Waals surface area contributed by atoms with E-state index in [4.69, 9.17) is 15.8 Å². The van der Waals surface area contributed by atoms with E-state index in [1.807, 2.05) is 60.7 Å². The number of benzene rings is 2. The second kappa shape index (κ2) is 7.71. The molecule has 5 heteroatoms. The minimum Gasteiger partial charge on any atom is -0.429 e. The number of hydrogen-bond donors (Lipinski definition) is 4. The van der Waals surface area contributed by atoms with Crippen LogP contribution in [0, 0.1) is 0 Å². The van der Waals surface area contributed by atoms with Crippen LogP contribution in [0.4, 0.5) is 0 Å². The van der Waals surface area contributed by atoms with Crippen LogP contribution in [-0.2, 0) is 5.60 Å². The van der Waals surface area contributed by atoms with Crippen molar-refractivity contribution in [2.24, 2.45) is 5.73 Å². The average molecular weight is 258 g/mol. The van der Waals surface area contributed by atoms with Crippen molar-refractivity contribution in [2.75, 3.05) is 6.54 Å². The Bertz CT molecular complexity index is 425. The van der Waals surface area contributed by atoms with Crippen molar-refractivity contribution in [1.29, 1.82) is 0 Å². The lowest BCUT2D eigenvalue weighted by molar-refractivity contribution is 0.0902. The van der Waals surface area contributed by atoms with Crippen LogP contribution in [0.3, 0.4) is 0 Å². The predicted octanol–water partition coefficient (Wildman–Crippen LogP) is 0.386. The van der Waals surface area contributed by atoms with Crippen LogP contribution in [0.2, 0.25) is 0 Å². The molecule has 4 nitrogen and oxygen atoms in total. The Balaban J connectivity index is 0.000000550. The van der Waals surface area contributed by atoms with Crippen LogP contribution in [0.15, 0.2) is 60.7 Å². The van der Waals surface area contributed by atoms with Crippen molar-refractivity contribution in [3.05, 3.63) is 71.8 Å². The molecule has 0 unspecified atom stereocenters. The largest absolute Gasteiger partial charge is 0.482 e. The third-order valence-corrected chi connectivity index (χ3v) is 2.80. The molecule has 19 heavy (non-hydrogen) atoms. The summed E-state index contributed by atoms with van der Waals surface area (Å²) < 4.78 is 0. The normalized spacial score (nSPS) is 10.3. The first-order chi connectivity index (χ1) is 9.19. The minimum atomic E-state index is -1.09. The third-order valence-electron chi connectivity index (χ3n) is 2.80. The van der Waals surface area contributed by atoms with Crippen LogP contribution in [0.1, 0.15) is 11.1 Å². The third kappa shape index (κ3) is 3.91. The van der Waals surface area contributed by atoms with Gasteiger partial charge in [-0.3, -0.25) is 0 Å². The SMILES string of the molecule is NCC(O)(c1ccccc1)c1ccccc1.O[B]O. The Morgan fingerprint density at radius 3 is 1.42 bits per heavy atom. The minimum absolute atomic E-state index is 0. The van der Waals surface area contributed by atoms with Gasteiger partial charge in [0.15, 0.2) is 0 Å². The van der Waals surface area contributed by atoms with Gasteiger partial charge in [0.2, 0.25) is 0 Å². The summed E-state index contributed by atoms with van der Waals surface area (Å²) in [5.41, 5.74) is 6.27. The van der Waals surface area contributed by atoms with Gasteiger partial charge in [0.1, 0.15) is 5.60 Å². The van der Waals surface area contributed by atoms with Crippen LogP contribution >= 0.6 is 0 Å². The lowest BCUT2D eigenvalue weighted by Gasteiger charge is -2.27. The van der Waals surface area contributed by atoms with E-state index >= 15 is 0 Å². The molecule has 0 aliphatic carbocycles. The molecular formula is C14H17BNO3. The highest BCUT2D eigenvalue weighted by atomic mass is 16.4.